The van der Waals surface area contributed by atoms with Crippen LogP contribution in [0.25, 0.3) is 0 Å². The molecule has 0 aliphatic heterocycles. The Morgan fingerprint density at radius 2 is 1.76 bits per heavy atom. The van der Waals surface area contributed by atoms with Crippen molar-refractivity contribution in [2.75, 3.05) is 6.61 Å². The van der Waals surface area contributed by atoms with Gasteiger partial charge in [-0.15, -0.1) is 0 Å². The number of carbonyl (C=O) groups is 1. The lowest BCUT2D eigenvalue weighted by Crippen LogP contribution is -2.45. The summed E-state index contributed by atoms with van der Waals surface area (Å²) in [7, 11) is -4.02. The van der Waals surface area contributed by atoms with Gasteiger partial charge in [-0.25, -0.2) is 8.42 Å². The molecular weight excluding hydrogens is 410 g/mol. The van der Waals surface area contributed by atoms with E-state index in [9.17, 15) is 18.3 Å². The lowest BCUT2D eigenvalue weighted by atomic mass is 10.0. The fourth-order valence-corrected chi connectivity index (χ4v) is 3.62. The summed E-state index contributed by atoms with van der Waals surface area (Å²) in [5.74, 6) is -0.848. The minimum Gasteiger partial charge on any atom is -0.465 e. The zero-order chi connectivity index (χ0) is 18.4. The largest absolute Gasteiger partial charge is 0.465 e. The molecule has 0 aliphatic carbocycles. The second-order valence-electron chi connectivity index (χ2n) is 5.16. The number of aliphatic hydroxyl groups is 1. The van der Waals surface area contributed by atoms with Crippen LogP contribution in [0.1, 0.15) is 18.6 Å². The zero-order valence-electron chi connectivity index (χ0n) is 13.4. The van der Waals surface area contributed by atoms with Crippen molar-refractivity contribution in [1.29, 1.82) is 0 Å². The molecule has 0 saturated carbocycles. The molecule has 8 heteroatoms. The summed E-state index contributed by atoms with van der Waals surface area (Å²) in [6.45, 7) is 1.67. The van der Waals surface area contributed by atoms with Gasteiger partial charge in [-0.05, 0) is 36.8 Å². The number of nitrogens with one attached hydrogen (secondary N) is 1. The summed E-state index contributed by atoms with van der Waals surface area (Å²) in [4.78, 5) is 12.2. The van der Waals surface area contributed by atoms with Crippen molar-refractivity contribution in [3.63, 3.8) is 0 Å². The SMILES string of the molecule is CCOC(=O)[C@H](NS(=O)(=O)c1ccc(Br)cc1)[C@H](O)c1ccccc1. The maximum atomic E-state index is 12.6. The van der Waals surface area contributed by atoms with Crippen LogP contribution in [0.5, 0.6) is 0 Å². The van der Waals surface area contributed by atoms with E-state index in [0.29, 0.717) is 5.56 Å². The highest BCUT2D eigenvalue weighted by Gasteiger charge is 2.33. The maximum absolute atomic E-state index is 12.6. The summed E-state index contributed by atoms with van der Waals surface area (Å²) >= 11 is 3.23. The van der Waals surface area contributed by atoms with E-state index in [1.165, 1.54) is 12.1 Å². The second-order valence-corrected chi connectivity index (χ2v) is 7.79. The summed E-state index contributed by atoms with van der Waals surface area (Å²) in [5.41, 5.74) is 0.402. The number of carbonyl (C=O) groups excluding carboxylic acids is 1. The minimum atomic E-state index is -4.02. The predicted octanol–water partition coefficient (Wildman–Crippen LogP) is 2.39. The van der Waals surface area contributed by atoms with Gasteiger partial charge >= 0.3 is 5.97 Å². The first-order chi connectivity index (χ1) is 11.8. The van der Waals surface area contributed by atoms with Crippen LogP contribution in [-0.2, 0) is 19.6 Å². The fourth-order valence-electron chi connectivity index (χ4n) is 2.17. The molecule has 0 unspecified atom stereocenters. The molecule has 0 aliphatic rings. The average molecular weight is 428 g/mol. The van der Waals surface area contributed by atoms with Crippen molar-refractivity contribution in [3.8, 4) is 0 Å². The standard InChI is InChI=1S/C17H18BrNO5S/c1-2-24-17(21)15(16(20)12-6-4-3-5-7-12)19-25(22,23)14-10-8-13(18)9-11-14/h3-11,15-16,19-20H,2H2,1H3/t15-,16-/m1/s1. The van der Waals surface area contributed by atoms with Crippen molar-refractivity contribution in [1.82, 2.24) is 4.72 Å². The molecule has 2 aromatic carbocycles. The molecule has 6 nitrogen and oxygen atoms in total. The molecule has 2 rings (SSSR count). The third-order valence-electron chi connectivity index (χ3n) is 3.40. The number of rotatable bonds is 7. The van der Waals surface area contributed by atoms with Gasteiger partial charge in [0.25, 0.3) is 0 Å². The molecule has 25 heavy (non-hydrogen) atoms. The van der Waals surface area contributed by atoms with Gasteiger partial charge in [0, 0.05) is 4.47 Å². The van der Waals surface area contributed by atoms with E-state index in [4.69, 9.17) is 4.74 Å². The molecule has 134 valence electrons. The Bertz CT molecular complexity index is 809. The summed E-state index contributed by atoms with van der Waals surface area (Å²) in [5, 5.41) is 10.5. The highest BCUT2D eigenvalue weighted by atomic mass is 79.9. The Labute approximate surface area is 155 Å². The average Bonchev–Trinajstić information content (AvgIpc) is 2.60. The molecule has 0 heterocycles. The molecule has 2 N–H and O–H groups in total. The van der Waals surface area contributed by atoms with Gasteiger partial charge < -0.3 is 9.84 Å². The van der Waals surface area contributed by atoms with Gasteiger partial charge in [-0.3, -0.25) is 4.79 Å². The molecule has 0 aromatic heterocycles. The van der Waals surface area contributed by atoms with E-state index < -0.39 is 28.1 Å². The van der Waals surface area contributed by atoms with Gasteiger partial charge in [-0.2, -0.15) is 4.72 Å². The van der Waals surface area contributed by atoms with E-state index >= 15 is 0 Å². The van der Waals surface area contributed by atoms with Crippen LogP contribution >= 0.6 is 15.9 Å². The highest BCUT2D eigenvalue weighted by molar-refractivity contribution is 9.10. The predicted molar refractivity (Wildman–Crippen MR) is 96.3 cm³/mol. The topological polar surface area (TPSA) is 92.7 Å². The molecule has 0 spiro atoms. The number of halogens is 1. The number of hydrogen-bond acceptors (Lipinski definition) is 5. The highest BCUT2D eigenvalue weighted by Crippen LogP contribution is 2.21. The summed E-state index contributed by atoms with van der Waals surface area (Å²) in [6, 6.07) is 12.8. The van der Waals surface area contributed by atoms with E-state index in [-0.39, 0.29) is 11.5 Å². The van der Waals surface area contributed by atoms with E-state index in [0.717, 1.165) is 4.47 Å². The van der Waals surface area contributed by atoms with Crippen LogP contribution in [0.4, 0.5) is 0 Å². The Hall–Kier alpha value is -1.74. The van der Waals surface area contributed by atoms with Crippen LogP contribution in [0.2, 0.25) is 0 Å². The van der Waals surface area contributed by atoms with Gasteiger partial charge in [0.1, 0.15) is 12.1 Å². The Kier molecular flexibility index (Phi) is 6.71. The van der Waals surface area contributed by atoms with E-state index in [1.807, 2.05) is 0 Å². The summed E-state index contributed by atoms with van der Waals surface area (Å²) in [6.07, 6.45) is -1.38. The van der Waals surface area contributed by atoms with Gasteiger partial charge in [0.05, 0.1) is 11.5 Å². The van der Waals surface area contributed by atoms with Crippen molar-refractivity contribution in [3.05, 3.63) is 64.6 Å². The normalized spacial score (nSPS) is 13.9. The monoisotopic (exact) mass is 427 g/mol. The fraction of sp³-hybridized carbons (Fsp3) is 0.235. The lowest BCUT2D eigenvalue weighted by Gasteiger charge is -2.22. The van der Waals surface area contributed by atoms with Crippen LogP contribution in [-0.4, -0.2) is 32.1 Å². The maximum Gasteiger partial charge on any atom is 0.327 e. The number of aliphatic hydroxyl groups excluding tert-OH is 1. The molecule has 0 radical (unpaired) electrons. The Balaban J connectivity index is 2.32. The molecule has 2 aromatic rings. The molecule has 2 atom stereocenters. The van der Waals surface area contributed by atoms with Crippen molar-refractivity contribution in [2.24, 2.45) is 0 Å². The minimum absolute atomic E-state index is 0.0229. The molecule has 0 amide bonds. The third kappa shape index (κ3) is 5.12. The number of ether oxygens (including phenoxy) is 1. The zero-order valence-corrected chi connectivity index (χ0v) is 15.8. The number of benzene rings is 2. The number of sulfonamides is 1. The van der Waals surface area contributed by atoms with Crippen molar-refractivity contribution >= 4 is 31.9 Å². The Morgan fingerprint density at radius 1 is 1.16 bits per heavy atom. The lowest BCUT2D eigenvalue weighted by molar-refractivity contribution is -0.148. The van der Waals surface area contributed by atoms with E-state index in [2.05, 4.69) is 20.7 Å². The first-order valence-corrected chi connectivity index (χ1v) is 9.80. The summed E-state index contributed by atoms with van der Waals surface area (Å²) < 4.78 is 33.0. The quantitative estimate of drug-likeness (QED) is 0.661. The van der Waals surface area contributed by atoms with Gasteiger partial charge in [0.2, 0.25) is 10.0 Å². The first kappa shape index (κ1) is 19.6. The van der Waals surface area contributed by atoms with Gasteiger partial charge in [0.15, 0.2) is 0 Å². The van der Waals surface area contributed by atoms with Crippen molar-refractivity contribution < 1.29 is 23.1 Å². The first-order valence-electron chi connectivity index (χ1n) is 7.52. The third-order valence-corrected chi connectivity index (χ3v) is 5.39. The van der Waals surface area contributed by atoms with Gasteiger partial charge in [-0.1, -0.05) is 46.3 Å². The second kappa shape index (κ2) is 8.57. The van der Waals surface area contributed by atoms with E-state index in [1.54, 1.807) is 49.4 Å². The molecule has 0 fully saturated rings. The smallest absolute Gasteiger partial charge is 0.327 e. The van der Waals surface area contributed by atoms with Crippen LogP contribution in [0, 0.1) is 0 Å². The Morgan fingerprint density at radius 3 is 2.32 bits per heavy atom. The van der Waals surface area contributed by atoms with Crippen LogP contribution in [0.3, 0.4) is 0 Å². The number of hydrogen-bond donors (Lipinski definition) is 2. The van der Waals surface area contributed by atoms with Crippen LogP contribution in [0.15, 0.2) is 64.0 Å². The van der Waals surface area contributed by atoms with Crippen LogP contribution < -0.4 is 4.72 Å². The molecule has 0 bridgehead atoms. The number of esters is 1. The molecular formula is C17H18BrNO5S. The molecule has 0 saturated heterocycles. The van der Waals surface area contributed by atoms with Crippen molar-refractivity contribution in [2.45, 2.75) is 24.0 Å².